The van der Waals surface area contributed by atoms with Crippen molar-refractivity contribution in [3.05, 3.63) is 0 Å². The predicted octanol–water partition coefficient (Wildman–Crippen LogP) is 1.27. The maximum Gasteiger partial charge on any atom is 0.247 e. The lowest BCUT2D eigenvalue weighted by molar-refractivity contribution is -0.530. The molecule has 0 unspecified atom stereocenters. The Morgan fingerprint density at radius 2 is 2.06 bits per heavy atom. The molecule has 0 aromatic rings. The summed E-state index contributed by atoms with van der Waals surface area (Å²) >= 11 is 0. The van der Waals surface area contributed by atoms with Gasteiger partial charge >= 0.3 is 0 Å². The summed E-state index contributed by atoms with van der Waals surface area (Å²) in [6.07, 6.45) is 5.06. The van der Waals surface area contributed by atoms with Crippen molar-refractivity contribution in [2.75, 3.05) is 26.2 Å². The molecule has 2 aliphatic heterocycles. The fraction of sp³-hybridized carbons (Fsp3) is 0.923. The van der Waals surface area contributed by atoms with Gasteiger partial charge in [-0.25, -0.2) is 0 Å². The zero-order valence-electron chi connectivity index (χ0n) is 10.8. The van der Waals surface area contributed by atoms with Crippen molar-refractivity contribution in [1.29, 1.82) is 0 Å². The molecule has 3 heteroatoms. The first-order valence-electron chi connectivity index (χ1n) is 6.78. The van der Waals surface area contributed by atoms with Gasteiger partial charge in [-0.2, -0.15) is 0 Å². The second-order valence-corrected chi connectivity index (χ2v) is 5.70. The molecular formula is C13H26N3+. The maximum atomic E-state index is 6.21. The molecule has 0 fully saturated rings. The monoisotopic (exact) mass is 224 g/mol. The number of rotatable bonds is 4. The fourth-order valence-electron chi connectivity index (χ4n) is 3.06. The van der Waals surface area contributed by atoms with E-state index in [4.69, 9.17) is 5.73 Å². The van der Waals surface area contributed by atoms with E-state index in [9.17, 15) is 0 Å². The van der Waals surface area contributed by atoms with Crippen LogP contribution in [0.15, 0.2) is 0 Å². The van der Waals surface area contributed by atoms with Crippen LogP contribution < -0.4 is 5.73 Å². The molecule has 92 valence electrons. The van der Waals surface area contributed by atoms with E-state index in [-0.39, 0.29) is 0 Å². The summed E-state index contributed by atoms with van der Waals surface area (Å²) in [7, 11) is 0. The van der Waals surface area contributed by atoms with E-state index in [1.54, 1.807) is 5.84 Å². The van der Waals surface area contributed by atoms with E-state index >= 15 is 0 Å². The van der Waals surface area contributed by atoms with Gasteiger partial charge in [-0.3, -0.25) is 9.48 Å². The van der Waals surface area contributed by atoms with E-state index < -0.39 is 0 Å². The van der Waals surface area contributed by atoms with Crippen molar-refractivity contribution in [3.8, 4) is 0 Å². The molecule has 0 saturated carbocycles. The first kappa shape index (κ1) is 11.9. The third kappa shape index (κ3) is 2.76. The van der Waals surface area contributed by atoms with Crippen molar-refractivity contribution in [3.63, 3.8) is 0 Å². The van der Waals surface area contributed by atoms with Crippen molar-refractivity contribution >= 4 is 5.84 Å². The van der Waals surface area contributed by atoms with E-state index in [1.165, 1.54) is 38.9 Å². The van der Waals surface area contributed by atoms with Gasteiger partial charge < -0.3 is 5.73 Å². The minimum atomic E-state index is 0.341. The molecule has 0 radical (unpaired) electrons. The second kappa shape index (κ2) is 5.17. The van der Waals surface area contributed by atoms with Gasteiger partial charge in [0.05, 0.1) is 26.1 Å². The van der Waals surface area contributed by atoms with Gasteiger partial charge in [0.15, 0.2) is 0 Å². The van der Waals surface area contributed by atoms with Gasteiger partial charge in [-0.1, -0.05) is 13.8 Å². The Kier molecular flexibility index (Phi) is 3.85. The van der Waals surface area contributed by atoms with E-state index in [2.05, 4.69) is 23.3 Å². The largest absolute Gasteiger partial charge is 0.324 e. The number of hydrogen-bond donors (Lipinski definition) is 1. The van der Waals surface area contributed by atoms with E-state index in [1.807, 2.05) is 0 Å². The van der Waals surface area contributed by atoms with Gasteiger partial charge in [-0.05, 0) is 18.8 Å². The number of nitrogens with two attached hydrogens (primary N) is 1. The van der Waals surface area contributed by atoms with Gasteiger partial charge in [-0.15, -0.1) is 0 Å². The summed E-state index contributed by atoms with van der Waals surface area (Å²) < 4.78 is 2.56. The summed E-state index contributed by atoms with van der Waals surface area (Å²) in [6, 6.07) is 0.341. The lowest BCUT2D eigenvalue weighted by Crippen LogP contribution is -2.47. The number of amidine groups is 1. The summed E-state index contributed by atoms with van der Waals surface area (Å²) in [4.78, 5) is 2.55. The molecule has 2 N–H and O–H groups in total. The normalized spacial score (nSPS) is 22.9. The summed E-state index contributed by atoms with van der Waals surface area (Å²) in [5, 5.41) is 0. The van der Waals surface area contributed by atoms with Crippen molar-refractivity contribution in [2.45, 2.75) is 45.6 Å². The Morgan fingerprint density at radius 1 is 1.31 bits per heavy atom. The van der Waals surface area contributed by atoms with Gasteiger partial charge in [0.25, 0.3) is 0 Å². The van der Waals surface area contributed by atoms with Crippen LogP contribution in [0.4, 0.5) is 0 Å². The molecule has 16 heavy (non-hydrogen) atoms. The molecule has 0 amide bonds. The zero-order chi connectivity index (χ0) is 11.5. The Bertz CT molecular complexity index is 270. The maximum absolute atomic E-state index is 6.21. The topological polar surface area (TPSA) is 32.3 Å². The highest BCUT2D eigenvalue weighted by Crippen LogP contribution is 2.15. The zero-order valence-corrected chi connectivity index (χ0v) is 10.8. The van der Waals surface area contributed by atoms with Crippen LogP contribution in [0.25, 0.3) is 0 Å². The first-order valence-corrected chi connectivity index (χ1v) is 6.78. The van der Waals surface area contributed by atoms with Crippen LogP contribution >= 0.6 is 0 Å². The van der Waals surface area contributed by atoms with E-state index in [0.717, 1.165) is 13.0 Å². The second-order valence-electron chi connectivity index (χ2n) is 5.70. The van der Waals surface area contributed by atoms with Crippen LogP contribution in [0.1, 0.15) is 39.5 Å². The first-order chi connectivity index (χ1) is 7.66. The van der Waals surface area contributed by atoms with Crippen LogP contribution in [0.3, 0.4) is 0 Å². The minimum absolute atomic E-state index is 0.341. The quantitative estimate of drug-likeness (QED) is 0.729. The summed E-state index contributed by atoms with van der Waals surface area (Å²) in [5.74, 6) is 2.29. The van der Waals surface area contributed by atoms with Gasteiger partial charge in [0, 0.05) is 12.5 Å². The molecular weight excluding hydrogens is 198 g/mol. The Labute approximate surface area is 99.3 Å². The Balaban J connectivity index is 1.91. The van der Waals surface area contributed by atoms with Crippen molar-refractivity contribution in [1.82, 2.24) is 4.90 Å². The average molecular weight is 224 g/mol. The molecule has 0 bridgehead atoms. The van der Waals surface area contributed by atoms with Crippen molar-refractivity contribution < 1.29 is 4.58 Å². The molecule has 3 nitrogen and oxygen atoms in total. The SMILES string of the molecule is CC(C)C[C@H](N)CN1CCC[N+]2=C1CCC2. The highest BCUT2D eigenvalue weighted by molar-refractivity contribution is 5.78. The minimum Gasteiger partial charge on any atom is -0.324 e. The standard InChI is InChI=1S/C13H26N3/c1-11(2)9-12(14)10-16-8-4-7-15-6-3-5-13(15)16/h11-12H,3-10,14H2,1-2H3/q+1/t12-/m0/s1. The predicted molar refractivity (Wildman–Crippen MR) is 67.9 cm³/mol. The van der Waals surface area contributed by atoms with Gasteiger partial charge in [0.2, 0.25) is 5.84 Å². The average Bonchev–Trinajstić information content (AvgIpc) is 2.65. The molecule has 0 aliphatic carbocycles. The molecule has 2 heterocycles. The van der Waals surface area contributed by atoms with Crippen LogP contribution in [0.2, 0.25) is 0 Å². The van der Waals surface area contributed by atoms with Crippen LogP contribution in [-0.2, 0) is 0 Å². The molecule has 0 aromatic carbocycles. The van der Waals surface area contributed by atoms with E-state index in [0.29, 0.717) is 12.0 Å². The van der Waals surface area contributed by atoms with Crippen LogP contribution in [0.5, 0.6) is 0 Å². The lowest BCUT2D eigenvalue weighted by atomic mass is 10.0. The van der Waals surface area contributed by atoms with Gasteiger partial charge in [0.1, 0.15) is 6.54 Å². The number of hydrogen-bond acceptors (Lipinski definition) is 2. The third-order valence-electron chi connectivity index (χ3n) is 3.64. The molecule has 0 spiro atoms. The summed E-state index contributed by atoms with van der Waals surface area (Å²) in [5.41, 5.74) is 6.21. The van der Waals surface area contributed by atoms with Crippen LogP contribution in [0, 0.1) is 5.92 Å². The Hall–Kier alpha value is -0.570. The number of nitrogens with zero attached hydrogens (tertiary/aromatic N) is 2. The highest BCUT2D eigenvalue weighted by atomic mass is 15.3. The lowest BCUT2D eigenvalue weighted by Gasteiger charge is -2.26. The Morgan fingerprint density at radius 3 is 2.81 bits per heavy atom. The smallest absolute Gasteiger partial charge is 0.247 e. The molecule has 2 rings (SSSR count). The van der Waals surface area contributed by atoms with Crippen LogP contribution in [-0.4, -0.2) is 47.5 Å². The summed E-state index contributed by atoms with van der Waals surface area (Å²) in [6.45, 7) is 9.33. The molecule has 2 aliphatic rings. The molecule has 1 atom stereocenters. The van der Waals surface area contributed by atoms with Crippen molar-refractivity contribution in [2.24, 2.45) is 11.7 Å². The highest BCUT2D eigenvalue weighted by Gasteiger charge is 2.31. The fourth-order valence-corrected chi connectivity index (χ4v) is 3.06. The molecule has 0 saturated heterocycles. The third-order valence-corrected chi connectivity index (χ3v) is 3.64. The molecule has 0 aromatic heterocycles.